The normalized spacial score (nSPS) is 10.5. The molecule has 0 fully saturated rings. The van der Waals surface area contributed by atoms with Crippen molar-refractivity contribution in [3.05, 3.63) is 46.3 Å². The van der Waals surface area contributed by atoms with Gasteiger partial charge >= 0.3 is 0 Å². The fraction of sp³-hybridized carbons (Fsp3) is 0.167. The molecular weight excluding hydrogens is 274 g/mol. The molecule has 1 rings (SSSR count). The molecule has 90 valence electrons. The molecule has 0 radical (unpaired) electrons. The second-order valence-electron chi connectivity index (χ2n) is 3.45. The first-order chi connectivity index (χ1) is 8.00. The Hall–Kier alpha value is -0.840. The van der Waals surface area contributed by atoms with Crippen LogP contribution in [0.2, 0.25) is 5.02 Å². The van der Waals surface area contributed by atoms with Crippen molar-refractivity contribution in [3.63, 3.8) is 0 Å². The zero-order valence-corrected chi connectivity index (χ0v) is 11.9. The van der Waals surface area contributed by atoms with Gasteiger partial charge in [0.25, 0.3) is 0 Å². The Bertz CT molecular complexity index is 440. The average molecular weight is 286 g/mol. The number of hydrogen-bond donors (Lipinski definition) is 0. The maximum Gasteiger partial charge on any atom is 0.186 e. The van der Waals surface area contributed by atoms with Gasteiger partial charge in [-0.05, 0) is 35.7 Å². The first kappa shape index (κ1) is 14.2. The maximum atomic E-state index is 11.7. The van der Waals surface area contributed by atoms with Crippen LogP contribution in [-0.2, 0) is 0 Å². The summed E-state index contributed by atoms with van der Waals surface area (Å²) in [4.78, 5) is 13.5. The van der Waals surface area contributed by atoms with Crippen LogP contribution in [-0.4, -0.2) is 29.1 Å². The summed E-state index contributed by atoms with van der Waals surface area (Å²) < 4.78 is 0.713. The van der Waals surface area contributed by atoms with E-state index in [1.807, 2.05) is 19.0 Å². The number of carbonyl (C=O) groups is 1. The van der Waals surface area contributed by atoms with Gasteiger partial charge in [-0.2, -0.15) is 0 Å². The monoisotopic (exact) mass is 285 g/mol. The van der Waals surface area contributed by atoms with E-state index in [0.717, 1.165) is 0 Å². The fourth-order valence-electron chi connectivity index (χ4n) is 0.970. The van der Waals surface area contributed by atoms with E-state index in [1.54, 1.807) is 29.7 Å². The van der Waals surface area contributed by atoms with Crippen molar-refractivity contribution in [2.75, 3.05) is 14.1 Å². The zero-order valence-electron chi connectivity index (χ0n) is 9.51. The minimum atomic E-state index is -0.0595. The van der Waals surface area contributed by atoms with Crippen LogP contribution in [0.3, 0.4) is 0 Å². The highest BCUT2D eigenvalue weighted by molar-refractivity contribution is 8.24. The van der Waals surface area contributed by atoms with Gasteiger partial charge in [0.1, 0.15) is 4.32 Å². The molecule has 0 bridgehead atoms. The molecule has 0 heterocycles. The Morgan fingerprint density at radius 1 is 1.35 bits per heavy atom. The Labute approximate surface area is 116 Å². The van der Waals surface area contributed by atoms with Crippen LogP contribution in [0.15, 0.2) is 35.7 Å². The molecule has 0 N–H and O–H groups in total. The minimum absolute atomic E-state index is 0.0595. The molecule has 2 nitrogen and oxygen atoms in total. The van der Waals surface area contributed by atoms with E-state index in [1.165, 1.54) is 17.8 Å². The quantitative estimate of drug-likeness (QED) is 0.480. The lowest BCUT2D eigenvalue weighted by molar-refractivity contribution is 0.104. The van der Waals surface area contributed by atoms with Crippen molar-refractivity contribution < 1.29 is 4.79 Å². The van der Waals surface area contributed by atoms with Crippen molar-refractivity contribution in [2.24, 2.45) is 0 Å². The number of nitrogens with zero attached hydrogens (tertiary/aromatic N) is 1. The van der Waals surface area contributed by atoms with E-state index in [0.29, 0.717) is 14.9 Å². The Morgan fingerprint density at radius 3 is 2.47 bits per heavy atom. The van der Waals surface area contributed by atoms with Gasteiger partial charge in [0.05, 0.1) is 0 Å². The number of halogens is 1. The molecule has 1 aromatic rings. The molecule has 0 aliphatic rings. The minimum Gasteiger partial charge on any atom is -0.363 e. The van der Waals surface area contributed by atoms with Crippen molar-refractivity contribution in [3.8, 4) is 0 Å². The van der Waals surface area contributed by atoms with Crippen LogP contribution in [0, 0.1) is 0 Å². The summed E-state index contributed by atoms with van der Waals surface area (Å²) in [6, 6.07) is 6.79. The summed E-state index contributed by atoms with van der Waals surface area (Å²) in [5.74, 6) is -0.0595. The van der Waals surface area contributed by atoms with E-state index in [-0.39, 0.29) is 5.78 Å². The van der Waals surface area contributed by atoms with Crippen LogP contribution in [0.1, 0.15) is 10.4 Å². The van der Waals surface area contributed by atoms with E-state index >= 15 is 0 Å². The van der Waals surface area contributed by atoms with E-state index in [2.05, 4.69) is 0 Å². The van der Waals surface area contributed by atoms with Gasteiger partial charge in [0, 0.05) is 24.7 Å². The number of hydrogen-bond acceptors (Lipinski definition) is 3. The van der Waals surface area contributed by atoms with Crippen LogP contribution < -0.4 is 0 Å². The van der Waals surface area contributed by atoms with E-state index in [9.17, 15) is 4.79 Å². The molecule has 0 aliphatic carbocycles. The molecular formula is C12H12ClNOS2. The molecule has 0 aliphatic heterocycles. The Morgan fingerprint density at radius 2 is 1.94 bits per heavy atom. The number of ketones is 1. The number of carbonyl (C=O) groups excluding carboxylic acids is 1. The molecule has 0 unspecified atom stereocenters. The van der Waals surface area contributed by atoms with E-state index < -0.39 is 0 Å². The molecule has 17 heavy (non-hydrogen) atoms. The van der Waals surface area contributed by atoms with Gasteiger partial charge in [-0.1, -0.05) is 35.6 Å². The van der Waals surface area contributed by atoms with Crippen molar-refractivity contribution in [1.29, 1.82) is 0 Å². The molecule has 0 atom stereocenters. The number of thioether (sulfide) groups is 1. The number of allylic oxidation sites excluding steroid dienone is 1. The van der Waals surface area contributed by atoms with Gasteiger partial charge in [0.2, 0.25) is 0 Å². The summed E-state index contributed by atoms with van der Waals surface area (Å²) in [5, 5.41) is 2.31. The van der Waals surface area contributed by atoms with Gasteiger partial charge in [-0.3, -0.25) is 4.79 Å². The van der Waals surface area contributed by atoms with Crippen LogP contribution in [0.25, 0.3) is 0 Å². The number of benzene rings is 1. The highest BCUT2D eigenvalue weighted by atomic mass is 35.5. The topological polar surface area (TPSA) is 20.3 Å². The molecule has 0 amide bonds. The first-order valence-electron chi connectivity index (χ1n) is 4.85. The summed E-state index contributed by atoms with van der Waals surface area (Å²) in [6.45, 7) is 0. The predicted molar refractivity (Wildman–Crippen MR) is 78.8 cm³/mol. The van der Waals surface area contributed by atoms with Crippen molar-refractivity contribution in [1.82, 2.24) is 4.90 Å². The Kier molecular flexibility index (Phi) is 5.68. The van der Waals surface area contributed by atoms with Gasteiger partial charge in [-0.25, -0.2) is 0 Å². The summed E-state index contributed by atoms with van der Waals surface area (Å²) in [7, 11) is 3.73. The zero-order chi connectivity index (χ0) is 12.8. The molecule has 5 heteroatoms. The van der Waals surface area contributed by atoms with Gasteiger partial charge < -0.3 is 4.90 Å². The molecule has 0 aromatic heterocycles. The predicted octanol–water partition coefficient (Wildman–Crippen LogP) is 3.62. The lowest BCUT2D eigenvalue weighted by Crippen LogP contribution is -2.15. The first-order valence-corrected chi connectivity index (χ1v) is 6.51. The average Bonchev–Trinajstić information content (AvgIpc) is 2.29. The second-order valence-corrected chi connectivity index (χ2v) is 5.43. The third kappa shape index (κ3) is 4.89. The SMILES string of the molecule is CN(C)C(=S)S/C=C/C(=O)c1ccc(Cl)cc1. The lowest BCUT2D eigenvalue weighted by atomic mass is 10.1. The van der Waals surface area contributed by atoms with Crippen molar-refractivity contribution in [2.45, 2.75) is 0 Å². The standard InChI is InChI=1S/C12H12ClNOS2/c1-14(2)12(16)17-8-7-11(15)9-3-5-10(13)6-4-9/h3-8H,1-2H3/b8-7+. The smallest absolute Gasteiger partial charge is 0.186 e. The lowest BCUT2D eigenvalue weighted by Gasteiger charge is -2.09. The highest BCUT2D eigenvalue weighted by Gasteiger charge is 2.01. The molecule has 0 saturated heterocycles. The Balaban J connectivity index is 2.58. The van der Waals surface area contributed by atoms with Gasteiger partial charge in [-0.15, -0.1) is 0 Å². The largest absolute Gasteiger partial charge is 0.363 e. The van der Waals surface area contributed by atoms with Crippen LogP contribution >= 0.6 is 35.6 Å². The highest BCUT2D eigenvalue weighted by Crippen LogP contribution is 2.12. The van der Waals surface area contributed by atoms with Gasteiger partial charge in [0.15, 0.2) is 5.78 Å². The van der Waals surface area contributed by atoms with Crippen LogP contribution in [0.5, 0.6) is 0 Å². The number of rotatable bonds is 3. The fourth-order valence-corrected chi connectivity index (χ4v) is 1.78. The maximum absolute atomic E-state index is 11.7. The third-order valence-corrected chi connectivity index (χ3v) is 3.63. The molecule has 0 spiro atoms. The number of thiocarbonyl (C=S) groups is 1. The summed E-state index contributed by atoms with van der Waals surface area (Å²) in [6.07, 6.45) is 1.50. The van der Waals surface area contributed by atoms with Crippen molar-refractivity contribution >= 4 is 45.7 Å². The molecule has 0 saturated carbocycles. The van der Waals surface area contributed by atoms with Crippen LogP contribution in [0.4, 0.5) is 0 Å². The summed E-state index contributed by atoms with van der Waals surface area (Å²) >= 11 is 12.2. The second kappa shape index (κ2) is 6.79. The summed E-state index contributed by atoms with van der Waals surface area (Å²) in [5.41, 5.74) is 0.613. The third-order valence-electron chi connectivity index (χ3n) is 1.88. The molecule has 1 aromatic carbocycles. The van der Waals surface area contributed by atoms with E-state index in [4.69, 9.17) is 23.8 Å².